The van der Waals surface area contributed by atoms with E-state index in [1.165, 1.54) is 11.1 Å². The molecule has 0 radical (unpaired) electrons. The zero-order valence-electron chi connectivity index (χ0n) is 17.1. The van der Waals surface area contributed by atoms with Gasteiger partial charge in [0.05, 0.1) is 12.7 Å². The van der Waals surface area contributed by atoms with Crippen LogP contribution >= 0.6 is 0 Å². The van der Waals surface area contributed by atoms with Crippen LogP contribution in [0.25, 0.3) is 0 Å². The Kier molecular flexibility index (Phi) is 5.28. The standard InChI is InChI=1S/C20H22F2N4O5S/c21-19(22)31-13-9-26-18(30-10-13)16(8-23-26)32(28,29)25-20(27)24-17-14-5-1-3-11(14)7-12-4-2-6-15(12)17/h7-8,13,19H,1-6,9-10H2,(H2,24,25,27). The number of rotatable bonds is 5. The Morgan fingerprint density at radius 1 is 1.19 bits per heavy atom. The predicted octanol–water partition coefficient (Wildman–Crippen LogP) is 2.37. The molecule has 1 atom stereocenters. The summed E-state index contributed by atoms with van der Waals surface area (Å²) in [6.45, 7) is -3.33. The zero-order chi connectivity index (χ0) is 22.5. The highest BCUT2D eigenvalue weighted by atomic mass is 32.2. The molecule has 5 rings (SSSR count). The van der Waals surface area contributed by atoms with Gasteiger partial charge < -0.3 is 14.8 Å². The second kappa shape index (κ2) is 8.00. The molecule has 32 heavy (non-hydrogen) atoms. The van der Waals surface area contributed by atoms with E-state index in [0.29, 0.717) is 0 Å². The molecule has 2 amide bonds. The summed E-state index contributed by atoms with van der Waals surface area (Å²) in [5.74, 6) is -0.124. The fraction of sp³-hybridized carbons (Fsp3) is 0.500. The molecular weight excluding hydrogens is 446 g/mol. The van der Waals surface area contributed by atoms with Gasteiger partial charge in [-0.3, -0.25) is 0 Å². The fourth-order valence-corrected chi connectivity index (χ4v) is 5.73. The molecule has 3 aliphatic rings. The average Bonchev–Trinajstić information content (AvgIpc) is 3.45. The van der Waals surface area contributed by atoms with Gasteiger partial charge >= 0.3 is 12.6 Å². The van der Waals surface area contributed by atoms with Crippen LogP contribution in [0, 0.1) is 0 Å². The Bertz CT molecular complexity index is 1150. The molecular formula is C20H22F2N4O5S. The molecule has 1 unspecified atom stereocenters. The lowest BCUT2D eigenvalue weighted by Gasteiger charge is -2.24. The molecule has 0 fully saturated rings. The quantitative estimate of drug-likeness (QED) is 0.697. The summed E-state index contributed by atoms with van der Waals surface area (Å²) in [6.07, 6.45) is 5.66. The molecule has 2 N–H and O–H groups in total. The largest absolute Gasteiger partial charge is 0.474 e. The molecule has 2 aliphatic carbocycles. The number of benzene rings is 1. The van der Waals surface area contributed by atoms with Crippen molar-refractivity contribution in [2.45, 2.75) is 62.7 Å². The fourth-order valence-electron chi connectivity index (χ4n) is 4.75. The number of aromatic nitrogens is 2. The number of nitrogens with zero attached hydrogens (tertiary/aromatic N) is 2. The highest BCUT2D eigenvalue weighted by Crippen LogP contribution is 2.38. The van der Waals surface area contributed by atoms with E-state index in [2.05, 4.69) is 21.2 Å². The highest BCUT2D eigenvalue weighted by Gasteiger charge is 2.33. The maximum Gasteiger partial charge on any atom is 0.345 e. The Morgan fingerprint density at radius 3 is 2.53 bits per heavy atom. The van der Waals surface area contributed by atoms with Gasteiger partial charge in [0, 0.05) is 5.69 Å². The Morgan fingerprint density at radius 2 is 1.88 bits per heavy atom. The van der Waals surface area contributed by atoms with Crippen LogP contribution in [0.4, 0.5) is 19.3 Å². The summed E-state index contributed by atoms with van der Waals surface area (Å²) in [7, 11) is -4.31. The summed E-state index contributed by atoms with van der Waals surface area (Å²) in [5, 5.41) is 6.65. The first-order chi connectivity index (χ1) is 15.3. The number of alkyl halides is 2. The highest BCUT2D eigenvalue weighted by molar-refractivity contribution is 7.90. The van der Waals surface area contributed by atoms with Gasteiger partial charge in [-0.15, -0.1) is 0 Å². The van der Waals surface area contributed by atoms with Crippen LogP contribution in [0.15, 0.2) is 17.2 Å². The molecule has 172 valence electrons. The van der Waals surface area contributed by atoms with Gasteiger partial charge in [-0.1, -0.05) is 6.07 Å². The third-order valence-electron chi connectivity index (χ3n) is 6.07. The molecule has 0 saturated carbocycles. The van der Waals surface area contributed by atoms with Crippen LogP contribution in [-0.4, -0.2) is 43.6 Å². The van der Waals surface area contributed by atoms with Crippen molar-refractivity contribution in [3.05, 3.63) is 34.5 Å². The maximum absolute atomic E-state index is 12.8. The number of hydrogen-bond acceptors (Lipinski definition) is 6. The Balaban J connectivity index is 1.34. The SMILES string of the molecule is O=C(Nc1c2c(cc3c1CCC3)CCC2)NS(=O)(=O)c1cnn2c1OCC(OC(F)F)C2. The molecule has 0 saturated heterocycles. The maximum atomic E-state index is 12.8. The molecule has 2 aromatic rings. The van der Waals surface area contributed by atoms with Crippen LogP contribution in [0.2, 0.25) is 0 Å². The summed E-state index contributed by atoms with van der Waals surface area (Å²) in [5.41, 5.74) is 5.30. The number of carbonyl (C=O) groups is 1. The number of sulfonamides is 1. The minimum atomic E-state index is -4.31. The van der Waals surface area contributed by atoms with E-state index in [-0.39, 0.29) is 23.9 Å². The van der Waals surface area contributed by atoms with Gasteiger partial charge in [0.15, 0.2) is 4.90 Å². The van der Waals surface area contributed by atoms with Crippen LogP contribution in [0.3, 0.4) is 0 Å². The second-order valence-corrected chi connectivity index (χ2v) is 9.77. The van der Waals surface area contributed by atoms with Crippen molar-refractivity contribution in [1.29, 1.82) is 0 Å². The smallest absolute Gasteiger partial charge is 0.345 e. The molecule has 1 aliphatic heterocycles. The number of nitrogens with one attached hydrogen (secondary N) is 2. The number of fused-ring (bicyclic) bond motifs is 3. The number of ether oxygens (including phenoxy) is 2. The minimum Gasteiger partial charge on any atom is -0.474 e. The van der Waals surface area contributed by atoms with E-state index in [9.17, 15) is 22.0 Å². The first kappa shape index (κ1) is 21.1. The van der Waals surface area contributed by atoms with E-state index in [1.54, 1.807) is 0 Å². The lowest BCUT2D eigenvalue weighted by atomic mass is 9.99. The lowest BCUT2D eigenvalue weighted by Crippen LogP contribution is -2.37. The molecule has 1 aromatic carbocycles. The van der Waals surface area contributed by atoms with Crippen molar-refractivity contribution in [3.63, 3.8) is 0 Å². The van der Waals surface area contributed by atoms with Crippen molar-refractivity contribution in [2.75, 3.05) is 11.9 Å². The summed E-state index contributed by atoms with van der Waals surface area (Å²) in [4.78, 5) is 12.4. The summed E-state index contributed by atoms with van der Waals surface area (Å²) in [6, 6.07) is 1.35. The van der Waals surface area contributed by atoms with Crippen molar-refractivity contribution in [2.24, 2.45) is 0 Å². The number of amides is 2. The van der Waals surface area contributed by atoms with Gasteiger partial charge in [-0.05, 0) is 60.8 Å². The van der Waals surface area contributed by atoms with Crippen LogP contribution < -0.4 is 14.8 Å². The zero-order valence-corrected chi connectivity index (χ0v) is 17.9. The lowest BCUT2D eigenvalue weighted by molar-refractivity contribution is -0.179. The van der Waals surface area contributed by atoms with Crippen molar-refractivity contribution >= 4 is 21.7 Å². The summed E-state index contributed by atoms with van der Waals surface area (Å²) >= 11 is 0. The van der Waals surface area contributed by atoms with Gasteiger partial charge in [0.25, 0.3) is 10.0 Å². The van der Waals surface area contributed by atoms with Crippen molar-refractivity contribution in [3.8, 4) is 5.88 Å². The van der Waals surface area contributed by atoms with Crippen LogP contribution in [-0.2, 0) is 47.0 Å². The molecule has 1 aromatic heterocycles. The van der Waals surface area contributed by atoms with Gasteiger partial charge in [0.1, 0.15) is 12.7 Å². The van der Waals surface area contributed by atoms with E-state index in [0.717, 1.165) is 66.2 Å². The number of aryl methyl sites for hydroxylation is 2. The van der Waals surface area contributed by atoms with Crippen molar-refractivity contribution < 1.29 is 31.5 Å². The second-order valence-electron chi connectivity index (χ2n) is 8.12. The summed E-state index contributed by atoms with van der Waals surface area (Å²) < 4.78 is 63.4. The van der Waals surface area contributed by atoms with E-state index >= 15 is 0 Å². The monoisotopic (exact) mass is 468 g/mol. The number of urea groups is 1. The van der Waals surface area contributed by atoms with E-state index < -0.39 is 28.8 Å². The first-order valence-corrected chi connectivity index (χ1v) is 11.9. The topological polar surface area (TPSA) is 112 Å². The van der Waals surface area contributed by atoms with Gasteiger partial charge in [0.2, 0.25) is 5.88 Å². The Hall–Kier alpha value is -2.73. The average molecular weight is 468 g/mol. The molecule has 12 heteroatoms. The van der Waals surface area contributed by atoms with Crippen LogP contribution in [0.1, 0.15) is 35.1 Å². The number of anilines is 1. The minimum absolute atomic E-state index is 0.0936. The predicted molar refractivity (Wildman–Crippen MR) is 108 cm³/mol. The molecule has 0 spiro atoms. The molecule has 9 nitrogen and oxygen atoms in total. The van der Waals surface area contributed by atoms with Gasteiger partial charge in [-0.25, -0.2) is 22.6 Å². The van der Waals surface area contributed by atoms with Crippen molar-refractivity contribution in [1.82, 2.24) is 14.5 Å². The van der Waals surface area contributed by atoms with E-state index in [4.69, 9.17) is 4.74 Å². The molecule has 0 bridgehead atoms. The third-order valence-corrected chi connectivity index (χ3v) is 7.38. The van der Waals surface area contributed by atoms with Gasteiger partial charge in [-0.2, -0.15) is 13.9 Å². The molecule has 2 heterocycles. The normalized spacial score (nSPS) is 19.3. The Labute approximate surface area is 183 Å². The number of halogens is 2. The number of carbonyl (C=O) groups excluding carboxylic acids is 1. The number of hydrogen-bond donors (Lipinski definition) is 2. The third kappa shape index (κ3) is 3.81. The van der Waals surface area contributed by atoms with Crippen LogP contribution in [0.5, 0.6) is 5.88 Å². The first-order valence-electron chi connectivity index (χ1n) is 10.4. The van der Waals surface area contributed by atoms with E-state index in [1.807, 2.05) is 4.72 Å².